The van der Waals surface area contributed by atoms with Gasteiger partial charge in [-0.3, -0.25) is 9.59 Å². The Morgan fingerprint density at radius 2 is 1.15 bits per heavy atom. The number of hydrogen-bond donors (Lipinski definition) is 2. The average molecular weight is 362 g/mol. The number of carboxylic acid groups (broad SMARTS) is 2. The van der Waals surface area contributed by atoms with Gasteiger partial charge in [0.1, 0.15) is 0 Å². The van der Waals surface area contributed by atoms with E-state index in [0.29, 0.717) is 13.1 Å². The molecule has 8 nitrogen and oxygen atoms in total. The molecule has 0 unspecified atom stereocenters. The molecule has 0 atom stereocenters. The third-order valence-electron chi connectivity index (χ3n) is 3.54. The SMILES string of the molecule is O=C([O-])CCCC(=O)NCc1cccc(CNC(=O)CCCC(=O)[O-])c1. The van der Waals surface area contributed by atoms with Gasteiger partial charge >= 0.3 is 0 Å². The number of benzene rings is 1. The van der Waals surface area contributed by atoms with Crippen LogP contribution in [0.25, 0.3) is 0 Å². The normalized spacial score (nSPS) is 10.2. The van der Waals surface area contributed by atoms with Gasteiger partial charge in [0.15, 0.2) is 0 Å². The fourth-order valence-electron chi connectivity index (χ4n) is 2.21. The molecule has 0 saturated carbocycles. The number of carbonyl (C=O) groups is 4. The molecule has 0 aliphatic heterocycles. The van der Waals surface area contributed by atoms with Crippen LogP contribution in [0, 0.1) is 0 Å². The highest BCUT2D eigenvalue weighted by atomic mass is 16.4. The zero-order chi connectivity index (χ0) is 19.4. The van der Waals surface area contributed by atoms with E-state index < -0.39 is 11.9 Å². The van der Waals surface area contributed by atoms with Gasteiger partial charge in [-0.25, -0.2) is 0 Å². The largest absolute Gasteiger partial charge is 0.550 e. The van der Waals surface area contributed by atoms with E-state index in [0.717, 1.165) is 11.1 Å². The summed E-state index contributed by atoms with van der Waals surface area (Å²) in [6.07, 6.45) is 0.415. The molecule has 0 heterocycles. The summed E-state index contributed by atoms with van der Waals surface area (Å²) >= 11 is 0. The number of carboxylic acids is 2. The maximum absolute atomic E-state index is 11.6. The van der Waals surface area contributed by atoms with E-state index in [1.165, 1.54) is 0 Å². The molecule has 1 rings (SSSR count). The Kier molecular flexibility index (Phi) is 9.45. The van der Waals surface area contributed by atoms with Crippen molar-refractivity contribution in [3.05, 3.63) is 35.4 Å². The van der Waals surface area contributed by atoms with Crippen LogP contribution in [0.4, 0.5) is 0 Å². The first-order chi connectivity index (χ1) is 12.4. The number of hydrogen-bond acceptors (Lipinski definition) is 6. The third kappa shape index (κ3) is 10.1. The van der Waals surface area contributed by atoms with Crippen LogP contribution in [0.5, 0.6) is 0 Å². The van der Waals surface area contributed by atoms with Crippen molar-refractivity contribution >= 4 is 23.8 Å². The first kappa shape index (κ1) is 21.1. The highest BCUT2D eigenvalue weighted by Crippen LogP contribution is 2.06. The van der Waals surface area contributed by atoms with Crippen LogP contribution in [-0.2, 0) is 32.3 Å². The molecule has 142 valence electrons. The van der Waals surface area contributed by atoms with E-state index in [9.17, 15) is 29.4 Å². The van der Waals surface area contributed by atoms with E-state index in [1.54, 1.807) is 6.07 Å². The predicted octanol–water partition coefficient (Wildman–Crippen LogP) is -1.24. The topological polar surface area (TPSA) is 138 Å². The number of rotatable bonds is 12. The Hall–Kier alpha value is -2.90. The lowest BCUT2D eigenvalue weighted by molar-refractivity contribution is -0.307. The Balaban J connectivity index is 2.33. The molecule has 0 saturated heterocycles. The fourth-order valence-corrected chi connectivity index (χ4v) is 2.21. The summed E-state index contributed by atoms with van der Waals surface area (Å²) in [6.45, 7) is 0.606. The lowest BCUT2D eigenvalue weighted by atomic mass is 10.1. The van der Waals surface area contributed by atoms with Gasteiger partial charge in [-0.15, -0.1) is 0 Å². The minimum atomic E-state index is -1.17. The molecule has 0 fully saturated rings. The second-order valence-electron chi connectivity index (χ2n) is 5.82. The molecule has 0 spiro atoms. The van der Waals surface area contributed by atoms with Crippen molar-refractivity contribution in [2.45, 2.75) is 51.6 Å². The van der Waals surface area contributed by atoms with Gasteiger partial charge < -0.3 is 30.4 Å². The molecule has 1 aromatic rings. The van der Waals surface area contributed by atoms with Gasteiger partial charge in [0, 0.05) is 37.9 Å². The van der Waals surface area contributed by atoms with Crippen molar-refractivity contribution in [2.75, 3.05) is 0 Å². The van der Waals surface area contributed by atoms with Crippen molar-refractivity contribution in [1.82, 2.24) is 10.6 Å². The highest BCUT2D eigenvalue weighted by Gasteiger charge is 2.04. The summed E-state index contributed by atoms with van der Waals surface area (Å²) in [7, 11) is 0. The zero-order valence-electron chi connectivity index (χ0n) is 14.4. The number of aliphatic carboxylic acids is 2. The molecule has 0 radical (unpaired) electrons. The lowest BCUT2D eigenvalue weighted by Gasteiger charge is -2.09. The van der Waals surface area contributed by atoms with Crippen LogP contribution in [0.2, 0.25) is 0 Å². The average Bonchev–Trinajstić information content (AvgIpc) is 2.58. The van der Waals surface area contributed by atoms with Gasteiger partial charge in [-0.2, -0.15) is 0 Å². The quantitative estimate of drug-likeness (QED) is 0.477. The summed E-state index contributed by atoms with van der Waals surface area (Å²) in [5.74, 6) is -2.82. The standard InChI is InChI=1S/C18H24N2O6/c21-15(6-2-8-17(23)24)19-11-13-4-1-5-14(10-13)12-20-16(22)7-3-9-18(25)26/h1,4-5,10H,2-3,6-9,11-12H2,(H,19,21)(H,20,22)(H,23,24)(H,25,26)/p-2. The summed E-state index contributed by atoms with van der Waals surface area (Å²) in [6, 6.07) is 7.29. The third-order valence-corrected chi connectivity index (χ3v) is 3.54. The lowest BCUT2D eigenvalue weighted by Crippen LogP contribution is -2.25. The summed E-state index contributed by atoms with van der Waals surface area (Å²) in [4.78, 5) is 43.8. The van der Waals surface area contributed by atoms with E-state index in [-0.39, 0.29) is 50.3 Å². The summed E-state index contributed by atoms with van der Waals surface area (Å²) in [5.41, 5.74) is 1.70. The van der Waals surface area contributed by atoms with Crippen molar-refractivity contribution in [3.8, 4) is 0 Å². The molecule has 0 bridgehead atoms. The summed E-state index contributed by atoms with van der Waals surface area (Å²) in [5, 5.41) is 26.0. The molecule has 0 aliphatic rings. The first-order valence-electron chi connectivity index (χ1n) is 8.37. The highest BCUT2D eigenvalue weighted by molar-refractivity contribution is 5.77. The molecular weight excluding hydrogens is 340 g/mol. The minimum absolute atomic E-state index is 0.121. The summed E-state index contributed by atoms with van der Waals surface area (Å²) < 4.78 is 0. The molecule has 1 aromatic carbocycles. The van der Waals surface area contributed by atoms with Crippen molar-refractivity contribution < 1.29 is 29.4 Å². The Morgan fingerprint density at radius 1 is 0.731 bits per heavy atom. The van der Waals surface area contributed by atoms with Crippen LogP contribution >= 0.6 is 0 Å². The number of amides is 2. The number of nitrogens with one attached hydrogen (secondary N) is 2. The van der Waals surface area contributed by atoms with E-state index in [2.05, 4.69) is 10.6 Å². The van der Waals surface area contributed by atoms with Gasteiger partial charge in [0.05, 0.1) is 0 Å². The first-order valence-corrected chi connectivity index (χ1v) is 8.37. The second-order valence-corrected chi connectivity index (χ2v) is 5.82. The smallest absolute Gasteiger partial charge is 0.220 e. The maximum atomic E-state index is 11.6. The van der Waals surface area contributed by atoms with Gasteiger partial charge in [0.2, 0.25) is 11.8 Å². The Labute approximate surface area is 151 Å². The molecule has 2 amide bonds. The van der Waals surface area contributed by atoms with E-state index in [4.69, 9.17) is 0 Å². The van der Waals surface area contributed by atoms with E-state index in [1.807, 2.05) is 18.2 Å². The van der Waals surface area contributed by atoms with Gasteiger partial charge in [-0.1, -0.05) is 24.3 Å². The van der Waals surface area contributed by atoms with Crippen LogP contribution in [0.15, 0.2) is 24.3 Å². The maximum Gasteiger partial charge on any atom is 0.220 e. The van der Waals surface area contributed by atoms with Crippen LogP contribution in [0.3, 0.4) is 0 Å². The molecule has 2 N–H and O–H groups in total. The van der Waals surface area contributed by atoms with Crippen LogP contribution in [-0.4, -0.2) is 23.8 Å². The Bertz CT molecular complexity index is 593. The molecular formula is C18H22N2O6-2. The van der Waals surface area contributed by atoms with Gasteiger partial charge in [0.25, 0.3) is 0 Å². The number of carbonyl (C=O) groups excluding carboxylic acids is 4. The molecule has 26 heavy (non-hydrogen) atoms. The molecule has 0 aliphatic carbocycles. The van der Waals surface area contributed by atoms with E-state index >= 15 is 0 Å². The fraction of sp³-hybridized carbons (Fsp3) is 0.444. The van der Waals surface area contributed by atoms with Crippen molar-refractivity contribution in [1.29, 1.82) is 0 Å². The van der Waals surface area contributed by atoms with Crippen LogP contribution in [0.1, 0.15) is 49.7 Å². The van der Waals surface area contributed by atoms with Gasteiger partial charge in [-0.05, 0) is 36.8 Å². The Morgan fingerprint density at radius 3 is 1.54 bits per heavy atom. The predicted molar refractivity (Wildman–Crippen MR) is 87.9 cm³/mol. The van der Waals surface area contributed by atoms with Crippen molar-refractivity contribution in [2.24, 2.45) is 0 Å². The zero-order valence-corrected chi connectivity index (χ0v) is 14.4. The molecule has 0 aromatic heterocycles. The van der Waals surface area contributed by atoms with Crippen molar-refractivity contribution in [3.63, 3.8) is 0 Å². The second kappa shape index (κ2) is 11.6. The molecule has 8 heteroatoms. The van der Waals surface area contributed by atoms with Crippen LogP contribution < -0.4 is 20.8 Å². The monoisotopic (exact) mass is 362 g/mol. The minimum Gasteiger partial charge on any atom is -0.550 e.